The van der Waals surface area contributed by atoms with Gasteiger partial charge in [0.1, 0.15) is 0 Å². The van der Waals surface area contributed by atoms with Crippen LogP contribution < -0.4 is 0 Å². The number of hydrogen-bond acceptors (Lipinski definition) is 2. The van der Waals surface area contributed by atoms with Crippen molar-refractivity contribution in [2.24, 2.45) is 0 Å². The van der Waals surface area contributed by atoms with Crippen LogP contribution in [0.3, 0.4) is 0 Å². The molecule has 0 unspecified atom stereocenters. The van der Waals surface area contributed by atoms with Crippen LogP contribution in [0.5, 0.6) is 0 Å². The van der Waals surface area contributed by atoms with Gasteiger partial charge in [-0.25, -0.2) is 0 Å². The molecule has 0 heterocycles. The van der Waals surface area contributed by atoms with Crippen LogP contribution in [0.4, 0.5) is 0 Å². The molecule has 68 valence electrons. The highest BCUT2D eigenvalue weighted by Crippen LogP contribution is 2.37. The molecule has 12 heavy (non-hydrogen) atoms. The molecular formula is C8H10Cl2O2. The minimum atomic E-state index is -1.26. The monoisotopic (exact) mass is 208 g/mol. The largest absolute Gasteiger partial charge is 0.381 e. The van der Waals surface area contributed by atoms with Crippen LogP contribution in [0.15, 0.2) is 11.6 Å². The third kappa shape index (κ3) is 2.00. The van der Waals surface area contributed by atoms with E-state index in [4.69, 9.17) is 27.9 Å². The number of ether oxygens (including phenoxy) is 1. The van der Waals surface area contributed by atoms with Gasteiger partial charge in [0, 0.05) is 12.2 Å². The van der Waals surface area contributed by atoms with E-state index < -0.39 is 4.33 Å². The molecule has 2 nitrogen and oxygen atoms in total. The minimum Gasteiger partial charge on any atom is -0.381 e. The average molecular weight is 209 g/mol. The molecule has 0 atom stereocenters. The fourth-order valence-electron chi connectivity index (χ4n) is 0.998. The normalized spacial score (nSPS) is 20.2. The molecule has 0 aromatic heterocycles. The quantitative estimate of drug-likeness (QED) is 0.523. The topological polar surface area (TPSA) is 26.3 Å². The van der Waals surface area contributed by atoms with E-state index in [0.29, 0.717) is 25.2 Å². The Kier molecular flexibility index (Phi) is 3.16. The standard InChI is InChI=1S/C8H10Cl2O2/c1-2-12-4-3-6-5-8(9,10)7(6)11/h5H,2-4H2,1H3. The van der Waals surface area contributed by atoms with Crippen molar-refractivity contribution in [3.05, 3.63) is 11.6 Å². The third-order valence-corrected chi connectivity index (χ3v) is 2.23. The summed E-state index contributed by atoms with van der Waals surface area (Å²) in [6.07, 6.45) is 2.17. The molecule has 0 bridgehead atoms. The van der Waals surface area contributed by atoms with E-state index in [1.54, 1.807) is 6.08 Å². The predicted molar refractivity (Wildman–Crippen MR) is 48.6 cm³/mol. The second-order valence-corrected chi connectivity index (χ2v) is 3.95. The van der Waals surface area contributed by atoms with Gasteiger partial charge in [-0.15, -0.1) is 0 Å². The summed E-state index contributed by atoms with van der Waals surface area (Å²) in [7, 11) is 0. The zero-order valence-electron chi connectivity index (χ0n) is 6.77. The second kappa shape index (κ2) is 3.77. The number of rotatable bonds is 4. The van der Waals surface area contributed by atoms with Gasteiger partial charge in [0.2, 0.25) is 0 Å². The highest BCUT2D eigenvalue weighted by Gasteiger charge is 2.42. The highest BCUT2D eigenvalue weighted by molar-refractivity contribution is 6.64. The summed E-state index contributed by atoms with van der Waals surface area (Å²) in [6.45, 7) is 3.12. The predicted octanol–water partition coefficient (Wildman–Crippen LogP) is 2.10. The van der Waals surface area contributed by atoms with Crippen molar-refractivity contribution in [1.29, 1.82) is 0 Å². The molecule has 0 saturated heterocycles. The van der Waals surface area contributed by atoms with E-state index in [9.17, 15) is 4.79 Å². The maximum atomic E-state index is 11.1. The van der Waals surface area contributed by atoms with Crippen LogP contribution in [0.25, 0.3) is 0 Å². The number of carbonyl (C=O) groups is 1. The number of ketones is 1. The first-order chi connectivity index (χ1) is 5.58. The Morgan fingerprint density at radius 2 is 2.25 bits per heavy atom. The van der Waals surface area contributed by atoms with E-state index in [0.717, 1.165) is 0 Å². The molecule has 0 N–H and O–H groups in total. The third-order valence-electron chi connectivity index (χ3n) is 1.67. The Morgan fingerprint density at radius 1 is 1.58 bits per heavy atom. The zero-order chi connectivity index (χ0) is 9.19. The van der Waals surface area contributed by atoms with Crippen LogP contribution in [0, 0.1) is 0 Å². The van der Waals surface area contributed by atoms with Crippen molar-refractivity contribution in [3.63, 3.8) is 0 Å². The Labute approximate surface area is 81.5 Å². The summed E-state index contributed by atoms with van der Waals surface area (Å²) in [6, 6.07) is 0. The molecule has 1 rings (SSSR count). The fraction of sp³-hybridized carbons (Fsp3) is 0.625. The van der Waals surface area contributed by atoms with Crippen molar-refractivity contribution >= 4 is 29.0 Å². The molecule has 0 aromatic carbocycles. The summed E-state index contributed by atoms with van der Waals surface area (Å²) in [5, 5.41) is 0. The van der Waals surface area contributed by atoms with E-state index in [2.05, 4.69) is 0 Å². The van der Waals surface area contributed by atoms with Crippen molar-refractivity contribution < 1.29 is 9.53 Å². The number of hydrogen-bond donors (Lipinski definition) is 0. The van der Waals surface area contributed by atoms with E-state index in [1.807, 2.05) is 6.92 Å². The van der Waals surface area contributed by atoms with Crippen molar-refractivity contribution in [2.75, 3.05) is 13.2 Å². The summed E-state index contributed by atoms with van der Waals surface area (Å²) in [5.74, 6) is -0.189. The molecule has 1 aliphatic rings. The van der Waals surface area contributed by atoms with Crippen molar-refractivity contribution in [3.8, 4) is 0 Å². The Morgan fingerprint density at radius 3 is 2.67 bits per heavy atom. The van der Waals surface area contributed by atoms with Crippen LogP contribution in [-0.2, 0) is 9.53 Å². The molecule has 0 radical (unpaired) electrons. The van der Waals surface area contributed by atoms with Gasteiger partial charge in [-0.3, -0.25) is 4.79 Å². The molecule has 0 aromatic rings. The lowest BCUT2D eigenvalue weighted by molar-refractivity contribution is -0.117. The van der Waals surface area contributed by atoms with Crippen LogP contribution in [0.2, 0.25) is 0 Å². The molecule has 4 heteroatoms. The zero-order valence-corrected chi connectivity index (χ0v) is 8.28. The maximum Gasteiger partial charge on any atom is 0.198 e. The van der Waals surface area contributed by atoms with Crippen LogP contribution >= 0.6 is 23.2 Å². The molecule has 0 fully saturated rings. The molecule has 0 spiro atoms. The Bertz CT molecular complexity index is 221. The Balaban J connectivity index is 2.33. The molecule has 0 amide bonds. The van der Waals surface area contributed by atoms with Gasteiger partial charge in [-0.05, 0) is 19.4 Å². The SMILES string of the molecule is CCOCCC1=CC(Cl)(Cl)C1=O. The van der Waals surface area contributed by atoms with Crippen molar-refractivity contribution in [2.45, 2.75) is 17.7 Å². The second-order valence-electron chi connectivity index (χ2n) is 2.57. The first kappa shape index (κ1) is 10.0. The summed E-state index contributed by atoms with van der Waals surface area (Å²) in [5.41, 5.74) is 0.674. The maximum absolute atomic E-state index is 11.1. The van der Waals surface area contributed by atoms with E-state index in [1.165, 1.54) is 0 Å². The van der Waals surface area contributed by atoms with Gasteiger partial charge in [-0.1, -0.05) is 23.2 Å². The summed E-state index contributed by atoms with van der Waals surface area (Å²) >= 11 is 11.1. The average Bonchev–Trinajstić information content (AvgIpc) is 2.03. The number of carbonyl (C=O) groups excluding carboxylic acids is 1. The fourth-order valence-corrected chi connectivity index (χ4v) is 1.50. The van der Waals surface area contributed by atoms with Gasteiger partial charge >= 0.3 is 0 Å². The minimum absolute atomic E-state index is 0.189. The first-order valence-electron chi connectivity index (χ1n) is 3.80. The number of alkyl halides is 2. The lowest BCUT2D eigenvalue weighted by atomic mass is 9.93. The van der Waals surface area contributed by atoms with Crippen LogP contribution in [0.1, 0.15) is 13.3 Å². The first-order valence-corrected chi connectivity index (χ1v) is 4.55. The van der Waals surface area contributed by atoms with Gasteiger partial charge in [0.25, 0.3) is 0 Å². The lowest BCUT2D eigenvalue weighted by Crippen LogP contribution is -2.35. The Hall–Kier alpha value is -0.0500. The molecule has 0 saturated carbocycles. The smallest absolute Gasteiger partial charge is 0.198 e. The summed E-state index contributed by atoms with van der Waals surface area (Å²) in [4.78, 5) is 11.1. The molecular weight excluding hydrogens is 199 g/mol. The van der Waals surface area contributed by atoms with Crippen molar-refractivity contribution in [1.82, 2.24) is 0 Å². The van der Waals surface area contributed by atoms with E-state index >= 15 is 0 Å². The summed E-state index contributed by atoms with van der Waals surface area (Å²) < 4.78 is 3.81. The number of allylic oxidation sites excluding steroid dienone is 1. The van der Waals surface area contributed by atoms with Crippen LogP contribution in [-0.4, -0.2) is 23.3 Å². The van der Waals surface area contributed by atoms with Gasteiger partial charge < -0.3 is 4.74 Å². The lowest BCUT2D eigenvalue weighted by Gasteiger charge is -2.25. The van der Waals surface area contributed by atoms with Gasteiger partial charge in [0.15, 0.2) is 10.1 Å². The number of Topliss-reactive ketones (excluding diaryl/α,β-unsaturated/α-hetero) is 1. The molecule has 0 aliphatic heterocycles. The van der Waals surface area contributed by atoms with Gasteiger partial charge in [0.05, 0.1) is 6.61 Å². The number of halogens is 2. The molecule has 1 aliphatic carbocycles. The van der Waals surface area contributed by atoms with E-state index in [-0.39, 0.29) is 5.78 Å². The van der Waals surface area contributed by atoms with Gasteiger partial charge in [-0.2, -0.15) is 0 Å². The highest BCUT2D eigenvalue weighted by atomic mass is 35.5.